The number of aryl methyl sites for hydroxylation is 1. The lowest BCUT2D eigenvalue weighted by atomic mass is 10.1. The smallest absolute Gasteiger partial charge is 0.229 e. The molecule has 0 amide bonds. The van der Waals surface area contributed by atoms with E-state index in [0.717, 1.165) is 22.6 Å². The van der Waals surface area contributed by atoms with Crippen LogP contribution in [0.4, 0.5) is 11.9 Å². The van der Waals surface area contributed by atoms with Crippen molar-refractivity contribution >= 4 is 11.9 Å². The summed E-state index contributed by atoms with van der Waals surface area (Å²) in [4.78, 5) is 15.4. The van der Waals surface area contributed by atoms with E-state index in [9.17, 15) is 0 Å². The minimum absolute atomic E-state index is 0.232. The summed E-state index contributed by atoms with van der Waals surface area (Å²) in [5, 5.41) is 7.93. The van der Waals surface area contributed by atoms with Crippen molar-refractivity contribution in [2.75, 3.05) is 24.3 Å². The number of aromatic nitrogens is 5. The van der Waals surface area contributed by atoms with Crippen LogP contribution in [0, 0.1) is 0 Å². The van der Waals surface area contributed by atoms with Crippen LogP contribution in [0.3, 0.4) is 0 Å². The highest BCUT2D eigenvalue weighted by molar-refractivity contribution is 5.63. The van der Waals surface area contributed by atoms with Crippen LogP contribution in [0.15, 0.2) is 36.5 Å². The SMILES string of the molecule is CC(C)c1nc(NCc2cn(C)nc2-c2ccccc2)nc(N(C)C)n1. The second-order valence-electron chi connectivity index (χ2n) is 6.76. The lowest BCUT2D eigenvalue weighted by Crippen LogP contribution is -2.17. The molecule has 3 aromatic rings. The Morgan fingerprint density at radius 2 is 1.81 bits per heavy atom. The van der Waals surface area contributed by atoms with Gasteiger partial charge in [-0.3, -0.25) is 4.68 Å². The molecule has 0 fully saturated rings. The summed E-state index contributed by atoms with van der Waals surface area (Å²) >= 11 is 0. The zero-order valence-corrected chi connectivity index (χ0v) is 15.9. The average molecular weight is 351 g/mol. The molecule has 0 saturated carbocycles. The van der Waals surface area contributed by atoms with Crippen LogP contribution in [0.25, 0.3) is 11.3 Å². The van der Waals surface area contributed by atoms with Gasteiger partial charge in [0.15, 0.2) is 0 Å². The number of hydrogen-bond donors (Lipinski definition) is 1. The normalized spacial score (nSPS) is 11.0. The maximum Gasteiger partial charge on any atom is 0.229 e. The van der Waals surface area contributed by atoms with Gasteiger partial charge in [0.2, 0.25) is 11.9 Å². The number of benzene rings is 1. The van der Waals surface area contributed by atoms with Gasteiger partial charge < -0.3 is 10.2 Å². The first-order valence-corrected chi connectivity index (χ1v) is 8.69. The van der Waals surface area contributed by atoms with E-state index >= 15 is 0 Å². The minimum Gasteiger partial charge on any atom is -0.350 e. The predicted octanol–water partition coefficient (Wildman–Crippen LogP) is 3.07. The first-order chi connectivity index (χ1) is 12.4. The van der Waals surface area contributed by atoms with Gasteiger partial charge in [-0.15, -0.1) is 0 Å². The standard InChI is InChI=1S/C19H25N7/c1-13(2)17-21-18(23-19(22-17)25(3)4)20-11-15-12-26(5)24-16(15)14-9-7-6-8-10-14/h6-10,12-13H,11H2,1-5H3,(H,20,21,22,23). The lowest BCUT2D eigenvalue weighted by molar-refractivity contribution is 0.754. The number of nitrogens with one attached hydrogen (secondary N) is 1. The molecular weight excluding hydrogens is 326 g/mol. The topological polar surface area (TPSA) is 71.8 Å². The van der Waals surface area contributed by atoms with Gasteiger partial charge in [-0.25, -0.2) is 0 Å². The van der Waals surface area contributed by atoms with E-state index in [0.29, 0.717) is 18.4 Å². The number of anilines is 2. The molecule has 3 rings (SSSR count). The molecule has 1 aromatic carbocycles. The Bertz CT molecular complexity index is 843. The summed E-state index contributed by atoms with van der Waals surface area (Å²) in [6.45, 7) is 4.74. The van der Waals surface area contributed by atoms with Crippen molar-refractivity contribution in [3.8, 4) is 11.3 Å². The molecule has 2 heterocycles. The third-order valence-electron chi connectivity index (χ3n) is 3.95. The molecule has 0 aliphatic rings. The van der Waals surface area contributed by atoms with Crippen molar-refractivity contribution in [2.24, 2.45) is 7.05 Å². The van der Waals surface area contributed by atoms with Crippen LogP contribution in [0.1, 0.15) is 31.2 Å². The van der Waals surface area contributed by atoms with Crippen LogP contribution >= 0.6 is 0 Å². The Morgan fingerprint density at radius 3 is 2.46 bits per heavy atom. The third kappa shape index (κ3) is 3.99. The summed E-state index contributed by atoms with van der Waals surface area (Å²) in [5.74, 6) is 2.24. The van der Waals surface area contributed by atoms with E-state index in [-0.39, 0.29) is 5.92 Å². The van der Waals surface area contributed by atoms with E-state index < -0.39 is 0 Å². The number of hydrogen-bond acceptors (Lipinski definition) is 6. The fourth-order valence-corrected chi connectivity index (χ4v) is 2.60. The molecule has 2 aromatic heterocycles. The van der Waals surface area contributed by atoms with Crippen LogP contribution in [-0.2, 0) is 13.6 Å². The fourth-order valence-electron chi connectivity index (χ4n) is 2.60. The molecule has 7 nitrogen and oxygen atoms in total. The molecule has 0 bridgehead atoms. The van der Waals surface area contributed by atoms with Crippen LogP contribution < -0.4 is 10.2 Å². The molecular formula is C19H25N7. The van der Waals surface area contributed by atoms with E-state index in [2.05, 4.69) is 51.3 Å². The fraction of sp³-hybridized carbons (Fsp3) is 0.368. The molecule has 136 valence electrons. The molecule has 0 spiro atoms. The Morgan fingerprint density at radius 1 is 1.08 bits per heavy atom. The Balaban J connectivity index is 1.86. The monoisotopic (exact) mass is 351 g/mol. The van der Waals surface area contributed by atoms with Crippen molar-refractivity contribution in [1.29, 1.82) is 0 Å². The minimum atomic E-state index is 0.232. The molecule has 0 unspecified atom stereocenters. The zero-order valence-electron chi connectivity index (χ0n) is 15.9. The number of nitrogens with zero attached hydrogens (tertiary/aromatic N) is 6. The summed E-state index contributed by atoms with van der Waals surface area (Å²) < 4.78 is 1.83. The molecule has 0 aliphatic carbocycles. The summed E-state index contributed by atoms with van der Waals surface area (Å²) in [6, 6.07) is 10.2. The van der Waals surface area contributed by atoms with Gasteiger partial charge >= 0.3 is 0 Å². The van der Waals surface area contributed by atoms with Gasteiger partial charge in [-0.2, -0.15) is 20.1 Å². The predicted molar refractivity (Wildman–Crippen MR) is 104 cm³/mol. The van der Waals surface area contributed by atoms with E-state index in [1.165, 1.54) is 0 Å². The molecule has 7 heteroatoms. The van der Waals surface area contributed by atoms with E-state index in [1.807, 2.05) is 55.1 Å². The highest BCUT2D eigenvalue weighted by atomic mass is 15.3. The van der Waals surface area contributed by atoms with E-state index in [1.54, 1.807) is 0 Å². The average Bonchev–Trinajstić information content (AvgIpc) is 3.01. The lowest BCUT2D eigenvalue weighted by Gasteiger charge is -2.14. The molecule has 1 N–H and O–H groups in total. The maximum absolute atomic E-state index is 4.60. The Hall–Kier alpha value is -2.96. The van der Waals surface area contributed by atoms with Crippen molar-refractivity contribution in [3.63, 3.8) is 0 Å². The van der Waals surface area contributed by atoms with Crippen molar-refractivity contribution in [2.45, 2.75) is 26.3 Å². The summed E-state index contributed by atoms with van der Waals surface area (Å²) in [6.07, 6.45) is 2.02. The van der Waals surface area contributed by atoms with Crippen molar-refractivity contribution in [3.05, 3.63) is 47.9 Å². The van der Waals surface area contributed by atoms with Gasteiger partial charge in [-0.1, -0.05) is 44.2 Å². The van der Waals surface area contributed by atoms with Crippen LogP contribution in [0.5, 0.6) is 0 Å². The molecule has 26 heavy (non-hydrogen) atoms. The number of rotatable bonds is 6. The Kier molecular flexibility index (Phi) is 5.16. The molecule has 0 saturated heterocycles. The summed E-state index contributed by atoms with van der Waals surface area (Å²) in [7, 11) is 5.79. The third-order valence-corrected chi connectivity index (χ3v) is 3.95. The van der Waals surface area contributed by atoms with E-state index in [4.69, 9.17) is 0 Å². The van der Waals surface area contributed by atoms with Gasteiger partial charge in [0.25, 0.3) is 0 Å². The molecule has 0 atom stereocenters. The zero-order chi connectivity index (χ0) is 18.7. The van der Waals surface area contributed by atoms with Crippen LogP contribution in [0.2, 0.25) is 0 Å². The van der Waals surface area contributed by atoms with Gasteiger partial charge in [-0.05, 0) is 0 Å². The molecule has 0 radical (unpaired) electrons. The van der Waals surface area contributed by atoms with Crippen molar-refractivity contribution in [1.82, 2.24) is 24.7 Å². The summed E-state index contributed by atoms with van der Waals surface area (Å²) in [5.41, 5.74) is 3.15. The second-order valence-corrected chi connectivity index (χ2v) is 6.76. The van der Waals surface area contributed by atoms with Crippen LogP contribution in [-0.4, -0.2) is 38.8 Å². The maximum atomic E-state index is 4.60. The Labute approximate surface area is 154 Å². The highest BCUT2D eigenvalue weighted by Crippen LogP contribution is 2.22. The van der Waals surface area contributed by atoms with Gasteiger partial charge in [0.1, 0.15) is 5.82 Å². The largest absolute Gasteiger partial charge is 0.350 e. The molecule has 0 aliphatic heterocycles. The first-order valence-electron chi connectivity index (χ1n) is 8.69. The van der Waals surface area contributed by atoms with Gasteiger partial charge in [0.05, 0.1) is 5.69 Å². The first kappa shape index (κ1) is 17.8. The highest BCUT2D eigenvalue weighted by Gasteiger charge is 2.13. The quantitative estimate of drug-likeness (QED) is 0.736. The van der Waals surface area contributed by atoms with Crippen molar-refractivity contribution < 1.29 is 0 Å². The second kappa shape index (κ2) is 7.51. The van der Waals surface area contributed by atoms with Gasteiger partial charge in [0, 0.05) is 50.9 Å².